The molecule has 0 unspecified atom stereocenters. The molecule has 5 heteroatoms. The molecule has 2 N–H and O–H groups in total. The summed E-state index contributed by atoms with van der Waals surface area (Å²) in [5.41, 5.74) is 1.81. The number of hydrogen-bond donors (Lipinski definition) is 2. The van der Waals surface area contributed by atoms with Gasteiger partial charge in [-0.2, -0.15) is 0 Å². The number of benzene rings is 1. The highest BCUT2D eigenvalue weighted by atomic mass is 16.4. The summed E-state index contributed by atoms with van der Waals surface area (Å²) < 4.78 is 0. The molecular weight excluding hydrogens is 246 g/mol. The summed E-state index contributed by atoms with van der Waals surface area (Å²) in [5, 5.41) is 17.7. The highest BCUT2D eigenvalue weighted by Gasteiger charge is 2.12. The maximum atomic E-state index is 11.0. The van der Waals surface area contributed by atoms with Crippen molar-refractivity contribution in [3.05, 3.63) is 42.0 Å². The Morgan fingerprint density at radius 3 is 2.58 bits per heavy atom. The van der Waals surface area contributed by atoms with E-state index in [9.17, 15) is 9.59 Å². The Bertz CT molecular complexity index is 496. The maximum absolute atomic E-state index is 11.0. The molecule has 0 bridgehead atoms. The van der Waals surface area contributed by atoms with Gasteiger partial charge in [0.2, 0.25) is 0 Å². The van der Waals surface area contributed by atoms with E-state index in [0.717, 1.165) is 11.3 Å². The molecule has 0 radical (unpaired) electrons. The van der Waals surface area contributed by atoms with E-state index in [1.54, 1.807) is 18.2 Å². The Morgan fingerprint density at radius 1 is 1.37 bits per heavy atom. The molecule has 0 saturated carbocycles. The first-order chi connectivity index (χ1) is 8.95. The molecule has 1 aromatic carbocycles. The normalized spacial score (nSPS) is 9.95. The quantitative estimate of drug-likeness (QED) is 0.737. The van der Waals surface area contributed by atoms with Gasteiger partial charge in [-0.25, -0.2) is 4.79 Å². The van der Waals surface area contributed by atoms with Gasteiger partial charge in [-0.1, -0.05) is 12.1 Å². The third-order valence-corrected chi connectivity index (χ3v) is 2.74. The van der Waals surface area contributed by atoms with Crippen molar-refractivity contribution in [3.8, 4) is 0 Å². The Kier molecular flexibility index (Phi) is 5.11. The van der Waals surface area contributed by atoms with Gasteiger partial charge in [0.05, 0.1) is 12.0 Å². The SMILES string of the molecule is C=CCN(CCC(=O)O)c1cc(C(=O)O)ccc1C. The lowest BCUT2D eigenvalue weighted by Crippen LogP contribution is -2.27. The summed E-state index contributed by atoms with van der Waals surface area (Å²) in [4.78, 5) is 23.4. The van der Waals surface area contributed by atoms with Gasteiger partial charge < -0.3 is 15.1 Å². The van der Waals surface area contributed by atoms with Crippen molar-refractivity contribution >= 4 is 17.6 Å². The van der Waals surface area contributed by atoms with E-state index in [2.05, 4.69) is 6.58 Å². The molecule has 102 valence electrons. The topological polar surface area (TPSA) is 77.8 Å². The number of hydrogen-bond acceptors (Lipinski definition) is 3. The third-order valence-electron chi connectivity index (χ3n) is 2.74. The Labute approximate surface area is 111 Å². The van der Waals surface area contributed by atoms with E-state index in [1.807, 2.05) is 11.8 Å². The predicted octanol–water partition coefficient (Wildman–Crippen LogP) is 2.16. The average Bonchev–Trinajstić information content (AvgIpc) is 2.35. The van der Waals surface area contributed by atoms with E-state index >= 15 is 0 Å². The lowest BCUT2D eigenvalue weighted by molar-refractivity contribution is -0.136. The molecule has 5 nitrogen and oxygen atoms in total. The average molecular weight is 263 g/mol. The minimum absolute atomic E-state index is 0.00935. The van der Waals surface area contributed by atoms with Crippen molar-refractivity contribution in [2.75, 3.05) is 18.0 Å². The second-order valence-electron chi connectivity index (χ2n) is 4.18. The second-order valence-corrected chi connectivity index (χ2v) is 4.18. The number of anilines is 1. The van der Waals surface area contributed by atoms with Crippen molar-refractivity contribution in [3.63, 3.8) is 0 Å². The summed E-state index contributed by atoms with van der Waals surface area (Å²) in [7, 11) is 0. The monoisotopic (exact) mass is 263 g/mol. The van der Waals surface area contributed by atoms with Crippen LogP contribution in [-0.4, -0.2) is 35.2 Å². The molecule has 0 aliphatic carbocycles. The Balaban J connectivity index is 3.05. The molecule has 0 atom stereocenters. The van der Waals surface area contributed by atoms with Gasteiger partial charge in [0.15, 0.2) is 0 Å². The molecule has 0 aromatic heterocycles. The van der Waals surface area contributed by atoms with Gasteiger partial charge in [0.1, 0.15) is 0 Å². The molecule has 0 aliphatic rings. The zero-order valence-corrected chi connectivity index (χ0v) is 10.8. The van der Waals surface area contributed by atoms with Crippen LogP contribution in [0.2, 0.25) is 0 Å². The summed E-state index contributed by atoms with van der Waals surface area (Å²) in [5.74, 6) is -1.89. The van der Waals surface area contributed by atoms with Crippen LogP contribution >= 0.6 is 0 Å². The van der Waals surface area contributed by atoms with Crippen LogP contribution in [0.4, 0.5) is 5.69 Å². The first-order valence-electron chi connectivity index (χ1n) is 5.87. The van der Waals surface area contributed by atoms with E-state index in [-0.39, 0.29) is 12.0 Å². The largest absolute Gasteiger partial charge is 0.481 e. The van der Waals surface area contributed by atoms with Gasteiger partial charge in [-0.05, 0) is 24.6 Å². The molecular formula is C14H17NO4. The minimum atomic E-state index is -1.00. The fourth-order valence-electron chi connectivity index (χ4n) is 1.78. The number of rotatable bonds is 7. The fourth-order valence-corrected chi connectivity index (χ4v) is 1.78. The van der Waals surface area contributed by atoms with E-state index in [1.165, 1.54) is 6.07 Å². The van der Waals surface area contributed by atoms with Gasteiger partial charge in [0, 0.05) is 18.8 Å². The van der Waals surface area contributed by atoms with Crippen molar-refractivity contribution in [1.29, 1.82) is 0 Å². The number of carbonyl (C=O) groups is 2. The van der Waals surface area contributed by atoms with Gasteiger partial charge in [-0.3, -0.25) is 4.79 Å². The zero-order chi connectivity index (χ0) is 14.4. The molecule has 0 heterocycles. The first kappa shape index (κ1) is 14.8. The maximum Gasteiger partial charge on any atom is 0.335 e. The van der Waals surface area contributed by atoms with Crippen LogP contribution in [0.15, 0.2) is 30.9 Å². The zero-order valence-electron chi connectivity index (χ0n) is 10.8. The van der Waals surface area contributed by atoms with Crippen LogP contribution in [0.3, 0.4) is 0 Å². The molecule has 0 aliphatic heterocycles. The smallest absolute Gasteiger partial charge is 0.335 e. The molecule has 0 fully saturated rings. The Morgan fingerprint density at radius 2 is 2.05 bits per heavy atom. The number of aryl methyl sites for hydroxylation is 1. The van der Waals surface area contributed by atoms with Gasteiger partial charge in [0.25, 0.3) is 0 Å². The van der Waals surface area contributed by atoms with Crippen LogP contribution in [0, 0.1) is 6.92 Å². The number of nitrogens with zero attached hydrogens (tertiary/aromatic N) is 1. The summed E-state index contributed by atoms with van der Waals surface area (Å²) in [6.45, 7) is 6.27. The predicted molar refractivity (Wildman–Crippen MR) is 72.8 cm³/mol. The van der Waals surface area contributed by atoms with Gasteiger partial charge >= 0.3 is 11.9 Å². The highest BCUT2D eigenvalue weighted by Crippen LogP contribution is 2.22. The Hall–Kier alpha value is -2.30. The molecule has 0 amide bonds. The van der Waals surface area contributed by atoms with Crippen LogP contribution in [-0.2, 0) is 4.79 Å². The lowest BCUT2D eigenvalue weighted by Gasteiger charge is -2.24. The molecule has 0 saturated heterocycles. The molecule has 1 rings (SSSR count). The third kappa shape index (κ3) is 4.13. The number of carboxylic acids is 2. The number of carboxylic acid groups (broad SMARTS) is 2. The minimum Gasteiger partial charge on any atom is -0.481 e. The summed E-state index contributed by atoms with van der Waals surface area (Å²) in [6.07, 6.45) is 1.65. The highest BCUT2D eigenvalue weighted by molar-refractivity contribution is 5.89. The molecule has 19 heavy (non-hydrogen) atoms. The number of aromatic carboxylic acids is 1. The second kappa shape index (κ2) is 6.58. The summed E-state index contributed by atoms with van der Waals surface area (Å²) in [6, 6.07) is 4.81. The standard InChI is InChI=1S/C14H17NO4/c1-3-7-15(8-6-13(16)17)12-9-11(14(18)19)5-4-10(12)2/h3-5,9H,1,6-8H2,2H3,(H,16,17)(H,18,19). The van der Waals surface area contributed by atoms with E-state index in [0.29, 0.717) is 13.1 Å². The van der Waals surface area contributed by atoms with Crippen molar-refractivity contribution in [2.24, 2.45) is 0 Å². The van der Waals surface area contributed by atoms with E-state index < -0.39 is 11.9 Å². The fraction of sp³-hybridized carbons (Fsp3) is 0.286. The van der Waals surface area contributed by atoms with E-state index in [4.69, 9.17) is 10.2 Å². The van der Waals surface area contributed by atoms with Crippen LogP contribution < -0.4 is 4.90 Å². The lowest BCUT2D eigenvalue weighted by atomic mass is 10.1. The van der Waals surface area contributed by atoms with Crippen LogP contribution in [0.5, 0.6) is 0 Å². The van der Waals surface area contributed by atoms with Crippen molar-refractivity contribution in [2.45, 2.75) is 13.3 Å². The van der Waals surface area contributed by atoms with Crippen LogP contribution in [0.1, 0.15) is 22.3 Å². The van der Waals surface area contributed by atoms with Crippen molar-refractivity contribution in [1.82, 2.24) is 0 Å². The number of aliphatic carboxylic acids is 1. The van der Waals surface area contributed by atoms with Crippen molar-refractivity contribution < 1.29 is 19.8 Å². The molecule has 1 aromatic rings. The van der Waals surface area contributed by atoms with Gasteiger partial charge in [-0.15, -0.1) is 6.58 Å². The van der Waals surface area contributed by atoms with Crippen LogP contribution in [0.25, 0.3) is 0 Å². The first-order valence-corrected chi connectivity index (χ1v) is 5.87. The molecule has 0 spiro atoms. The summed E-state index contributed by atoms with van der Waals surface area (Å²) >= 11 is 0.